The van der Waals surface area contributed by atoms with Crippen molar-refractivity contribution >= 4 is 68.0 Å². The first-order chi connectivity index (χ1) is 21.8. The molecule has 240 valence electrons. The van der Waals surface area contributed by atoms with Crippen LogP contribution in [0.15, 0.2) is 75.4 Å². The zero-order valence-corrected chi connectivity index (χ0v) is 26.0. The van der Waals surface area contributed by atoms with Crippen molar-refractivity contribution in [2.45, 2.75) is 26.3 Å². The van der Waals surface area contributed by atoms with Gasteiger partial charge in [-0.1, -0.05) is 36.4 Å². The van der Waals surface area contributed by atoms with Crippen LogP contribution in [-0.2, 0) is 23.9 Å². The molecule has 0 aliphatic heterocycles. The number of ether oxygens (including phenoxy) is 2. The summed E-state index contributed by atoms with van der Waals surface area (Å²) in [5.74, 6) is -2.36. The number of nitrogens with one attached hydrogen (secondary N) is 2. The number of azo groups is 1. The summed E-state index contributed by atoms with van der Waals surface area (Å²) in [7, 11) is 0. The Hall–Kier alpha value is -5.42. The number of amides is 1. The van der Waals surface area contributed by atoms with Crippen molar-refractivity contribution in [3.05, 3.63) is 96.5 Å². The van der Waals surface area contributed by atoms with Crippen LogP contribution >= 0.6 is 15.9 Å². The van der Waals surface area contributed by atoms with Crippen molar-refractivity contribution in [3.63, 3.8) is 0 Å². The standard InChI is InChI=1S/C29H27BrN6O10/c1-17(31-11-10-27(39)46-16-28(40)45-15-26(38)19-6-4-3-5-7-19)20-8-9-23(24(12-20)32-18(2)37)33-34-29-22(30)13-21(35(41)42)14-25(29)36(43)44/h3-9,12-14,17,31H,10-11,15-16H2,1-2H3,(H,32,37). The number of rotatable bonds is 15. The number of non-ortho nitro benzene ring substituents is 1. The summed E-state index contributed by atoms with van der Waals surface area (Å²) < 4.78 is 9.73. The molecule has 0 radical (unpaired) electrons. The number of nitro benzene ring substituents is 2. The average Bonchev–Trinajstić information content (AvgIpc) is 3.02. The zero-order valence-electron chi connectivity index (χ0n) is 24.4. The Morgan fingerprint density at radius 1 is 0.913 bits per heavy atom. The minimum absolute atomic E-state index is 0.0266. The minimum atomic E-state index is -0.864. The third-order valence-electron chi connectivity index (χ3n) is 6.12. The number of carbonyl (C=O) groups is 4. The van der Waals surface area contributed by atoms with Gasteiger partial charge < -0.3 is 20.1 Å². The highest BCUT2D eigenvalue weighted by molar-refractivity contribution is 9.10. The summed E-state index contributed by atoms with van der Waals surface area (Å²) in [6.07, 6.45) is -0.0890. The second-order valence-electron chi connectivity index (χ2n) is 9.50. The van der Waals surface area contributed by atoms with Crippen molar-refractivity contribution in [2.24, 2.45) is 10.2 Å². The van der Waals surface area contributed by atoms with Crippen molar-refractivity contribution in [1.82, 2.24) is 5.32 Å². The molecule has 0 heterocycles. The van der Waals surface area contributed by atoms with E-state index in [4.69, 9.17) is 9.47 Å². The summed E-state index contributed by atoms with van der Waals surface area (Å²) >= 11 is 3.06. The Balaban J connectivity index is 1.58. The van der Waals surface area contributed by atoms with E-state index in [0.717, 1.165) is 12.1 Å². The molecule has 0 bridgehead atoms. The molecule has 0 aliphatic carbocycles. The molecule has 2 N–H and O–H groups in total. The lowest BCUT2D eigenvalue weighted by molar-refractivity contribution is -0.393. The predicted octanol–water partition coefficient (Wildman–Crippen LogP) is 5.65. The number of nitrogens with zero attached hydrogens (tertiary/aromatic N) is 4. The Bertz CT molecular complexity index is 1680. The van der Waals surface area contributed by atoms with Gasteiger partial charge in [0, 0.05) is 31.1 Å². The molecule has 16 nitrogen and oxygen atoms in total. The lowest BCUT2D eigenvalue weighted by Crippen LogP contribution is -2.24. The third-order valence-corrected chi connectivity index (χ3v) is 6.72. The molecule has 0 spiro atoms. The SMILES string of the molecule is CC(=O)Nc1cc(C(C)NCCC(=O)OCC(=O)OCC(=O)c2ccccc2)ccc1N=Nc1c(Br)cc([N+](=O)[O-])cc1[N+](=O)[O-]. The van der Waals surface area contributed by atoms with E-state index in [9.17, 15) is 39.4 Å². The summed E-state index contributed by atoms with van der Waals surface area (Å²) in [6, 6.07) is 14.5. The largest absolute Gasteiger partial charge is 0.455 e. The quantitative estimate of drug-likeness (QED) is 0.0648. The second kappa shape index (κ2) is 16.6. The fraction of sp³-hybridized carbons (Fsp3) is 0.241. The van der Waals surface area contributed by atoms with Crippen molar-refractivity contribution < 1.29 is 38.5 Å². The second-order valence-corrected chi connectivity index (χ2v) is 10.4. The first kappa shape index (κ1) is 35.1. The molecule has 0 saturated carbocycles. The number of ketones is 1. The van der Waals surface area contributed by atoms with Crippen LogP contribution in [0.3, 0.4) is 0 Å². The van der Waals surface area contributed by atoms with Crippen LogP contribution in [0.25, 0.3) is 0 Å². The predicted molar refractivity (Wildman–Crippen MR) is 166 cm³/mol. The monoisotopic (exact) mass is 698 g/mol. The topological polar surface area (TPSA) is 222 Å². The number of benzene rings is 3. The number of hydrogen-bond donors (Lipinski definition) is 2. The van der Waals surface area contributed by atoms with E-state index < -0.39 is 58.1 Å². The molecule has 3 aromatic carbocycles. The van der Waals surface area contributed by atoms with Crippen molar-refractivity contribution in [3.8, 4) is 0 Å². The molecule has 0 fully saturated rings. The number of nitro groups is 2. The van der Waals surface area contributed by atoms with Crippen LogP contribution in [-0.4, -0.2) is 53.2 Å². The van der Waals surface area contributed by atoms with Gasteiger partial charge in [-0.25, -0.2) is 4.79 Å². The normalized spacial score (nSPS) is 11.5. The number of halogens is 1. The number of Topliss-reactive ketones (excluding diaryl/α,β-unsaturated/α-hetero) is 1. The average molecular weight is 699 g/mol. The van der Waals surface area contributed by atoms with Crippen LogP contribution < -0.4 is 10.6 Å². The molecule has 0 saturated heterocycles. The summed E-state index contributed by atoms with van der Waals surface area (Å²) in [5.41, 5.74) is 0.0182. The first-order valence-electron chi connectivity index (χ1n) is 13.4. The van der Waals surface area contributed by atoms with E-state index in [2.05, 4.69) is 36.8 Å². The van der Waals surface area contributed by atoms with E-state index in [1.807, 2.05) is 0 Å². The minimum Gasteiger partial charge on any atom is -0.455 e. The highest BCUT2D eigenvalue weighted by atomic mass is 79.9. The number of carbonyl (C=O) groups excluding carboxylic acids is 4. The maximum Gasteiger partial charge on any atom is 0.344 e. The number of hydrogen-bond acceptors (Lipinski definition) is 13. The van der Waals surface area contributed by atoms with Crippen LogP contribution in [0.5, 0.6) is 0 Å². The fourth-order valence-electron chi connectivity index (χ4n) is 3.83. The van der Waals surface area contributed by atoms with E-state index in [-0.39, 0.29) is 40.5 Å². The lowest BCUT2D eigenvalue weighted by Gasteiger charge is -2.16. The molecule has 1 unspecified atom stereocenters. The Morgan fingerprint density at radius 3 is 2.26 bits per heavy atom. The van der Waals surface area contributed by atoms with Gasteiger partial charge in [0.1, 0.15) is 5.69 Å². The van der Waals surface area contributed by atoms with E-state index >= 15 is 0 Å². The molecular formula is C29H27BrN6O10. The van der Waals surface area contributed by atoms with E-state index in [1.165, 1.54) is 13.0 Å². The van der Waals surface area contributed by atoms with E-state index in [0.29, 0.717) is 11.1 Å². The summed E-state index contributed by atoms with van der Waals surface area (Å²) in [4.78, 5) is 68.8. The van der Waals surface area contributed by atoms with Gasteiger partial charge in [0.15, 0.2) is 24.7 Å². The molecule has 46 heavy (non-hydrogen) atoms. The van der Waals surface area contributed by atoms with Gasteiger partial charge in [-0.2, -0.15) is 0 Å². The Labute approximate surface area is 269 Å². The van der Waals surface area contributed by atoms with Crippen LogP contribution in [0.4, 0.5) is 28.4 Å². The van der Waals surface area contributed by atoms with Gasteiger partial charge >= 0.3 is 17.6 Å². The molecule has 0 aromatic heterocycles. The molecular weight excluding hydrogens is 672 g/mol. The maximum atomic E-state index is 12.1. The van der Waals surface area contributed by atoms with Crippen LogP contribution in [0.2, 0.25) is 0 Å². The fourth-order valence-corrected chi connectivity index (χ4v) is 4.35. The van der Waals surface area contributed by atoms with Crippen LogP contribution in [0, 0.1) is 20.2 Å². The first-order valence-corrected chi connectivity index (χ1v) is 14.2. The third kappa shape index (κ3) is 10.3. The zero-order chi connectivity index (χ0) is 33.8. The lowest BCUT2D eigenvalue weighted by atomic mass is 10.1. The number of anilines is 1. The molecule has 1 amide bonds. The van der Waals surface area contributed by atoms with Crippen molar-refractivity contribution in [1.29, 1.82) is 0 Å². The highest BCUT2D eigenvalue weighted by Crippen LogP contribution is 2.40. The Morgan fingerprint density at radius 2 is 1.61 bits per heavy atom. The van der Waals surface area contributed by atoms with E-state index in [1.54, 1.807) is 49.4 Å². The van der Waals surface area contributed by atoms with Gasteiger partial charge in [-0.3, -0.25) is 34.6 Å². The maximum absolute atomic E-state index is 12.1. The molecule has 0 aliphatic rings. The molecule has 1 atom stereocenters. The van der Waals surface area contributed by atoms with Gasteiger partial charge in [-0.15, -0.1) is 10.2 Å². The van der Waals surface area contributed by atoms with Gasteiger partial charge in [0.2, 0.25) is 5.91 Å². The highest BCUT2D eigenvalue weighted by Gasteiger charge is 2.24. The smallest absolute Gasteiger partial charge is 0.344 e. The summed E-state index contributed by atoms with van der Waals surface area (Å²) in [6.45, 7) is 2.10. The number of esters is 2. The Kier molecular flexibility index (Phi) is 12.7. The molecule has 3 rings (SSSR count). The van der Waals surface area contributed by atoms with Gasteiger partial charge in [0.05, 0.1) is 32.5 Å². The molecule has 3 aromatic rings. The van der Waals surface area contributed by atoms with Gasteiger partial charge in [-0.05, 0) is 40.5 Å². The summed E-state index contributed by atoms with van der Waals surface area (Å²) in [5, 5.41) is 36.3. The van der Waals surface area contributed by atoms with Crippen LogP contribution in [0.1, 0.15) is 42.2 Å². The van der Waals surface area contributed by atoms with Gasteiger partial charge in [0.25, 0.3) is 5.69 Å². The van der Waals surface area contributed by atoms with Crippen molar-refractivity contribution in [2.75, 3.05) is 25.1 Å². The molecule has 17 heteroatoms.